The number of carbonyl (C=O) groups excluding carboxylic acids is 1. The monoisotopic (exact) mass is 237 g/mol. The van der Waals surface area contributed by atoms with Gasteiger partial charge < -0.3 is 10.4 Å². The predicted octanol–water partition coefficient (Wildman–Crippen LogP) is 0.110. The van der Waals surface area contributed by atoms with Crippen LogP contribution in [0.4, 0.5) is 0 Å². The second-order valence-corrected chi connectivity index (χ2v) is 4.20. The number of hydrogen-bond acceptors (Lipinski definition) is 3. The Hall–Kier alpha value is -1.85. The van der Waals surface area contributed by atoms with E-state index < -0.39 is 11.9 Å². The Kier molecular flexibility index (Phi) is 3.41. The van der Waals surface area contributed by atoms with Crippen molar-refractivity contribution in [1.29, 1.82) is 0 Å². The molecule has 6 nitrogen and oxygen atoms in total. The number of nitrogens with zero attached hydrogens (tertiary/aromatic N) is 2. The standard InChI is InChI=1S/C11H15N3O3/c15-10(8-7-9(8)11(16)17)12-3-1-5-14-6-2-4-13-14/h2,4,6,8-9H,1,3,5,7H2,(H,12,15)(H,16,17). The minimum absolute atomic E-state index is 0.141. The lowest BCUT2D eigenvalue weighted by Gasteiger charge is -2.04. The molecule has 0 aliphatic heterocycles. The molecule has 6 heteroatoms. The number of nitrogens with one attached hydrogen (secondary N) is 1. The summed E-state index contributed by atoms with van der Waals surface area (Å²) in [6.45, 7) is 1.31. The predicted molar refractivity (Wildman–Crippen MR) is 59.1 cm³/mol. The highest BCUT2D eigenvalue weighted by atomic mass is 16.4. The van der Waals surface area contributed by atoms with Gasteiger partial charge in [0, 0.05) is 25.5 Å². The number of aryl methyl sites for hydroxylation is 1. The number of rotatable bonds is 6. The van der Waals surface area contributed by atoms with Crippen LogP contribution in [0.1, 0.15) is 12.8 Å². The van der Waals surface area contributed by atoms with Crippen molar-refractivity contribution >= 4 is 11.9 Å². The van der Waals surface area contributed by atoms with E-state index in [1.54, 1.807) is 10.9 Å². The van der Waals surface area contributed by atoms with Crippen molar-refractivity contribution in [2.75, 3.05) is 6.54 Å². The second kappa shape index (κ2) is 4.99. The van der Waals surface area contributed by atoms with Crippen molar-refractivity contribution < 1.29 is 14.7 Å². The van der Waals surface area contributed by atoms with Gasteiger partial charge in [0.2, 0.25) is 5.91 Å². The lowest BCUT2D eigenvalue weighted by molar-refractivity contribution is -0.140. The minimum Gasteiger partial charge on any atom is -0.481 e. The van der Waals surface area contributed by atoms with E-state index in [0.717, 1.165) is 13.0 Å². The van der Waals surface area contributed by atoms with Crippen LogP contribution >= 0.6 is 0 Å². The first-order valence-corrected chi connectivity index (χ1v) is 5.66. The molecule has 1 aromatic rings. The van der Waals surface area contributed by atoms with Crippen molar-refractivity contribution in [3.05, 3.63) is 18.5 Å². The molecule has 17 heavy (non-hydrogen) atoms. The Morgan fingerprint density at radius 1 is 1.47 bits per heavy atom. The highest BCUT2D eigenvalue weighted by Crippen LogP contribution is 2.38. The second-order valence-electron chi connectivity index (χ2n) is 4.20. The fourth-order valence-electron chi connectivity index (χ4n) is 1.77. The van der Waals surface area contributed by atoms with Crippen LogP contribution in [0, 0.1) is 11.8 Å². The number of hydrogen-bond donors (Lipinski definition) is 2. The van der Waals surface area contributed by atoms with Crippen molar-refractivity contribution in [3.63, 3.8) is 0 Å². The van der Waals surface area contributed by atoms with Crippen molar-refractivity contribution in [3.8, 4) is 0 Å². The number of aromatic nitrogens is 2. The summed E-state index contributed by atoms with van der Waals surface area (Å²) in [5, 5.41) is 15.5. The maximum absolute atomic E-state index is 11.5. The molecule has 0 radical (unpaired) electrons. The zero-order valence-corrected chi connectivity index (χ0v) is 9.37. The Morgan fingerprint density at radius 2 is 2.29 bits per heavy atom. The van der Waals surface area contributed by atoms with E-state index in [0.29, 0.717) is 13.0 Å². The van der Waals surface area contributed by atoms with Gasteiger partial charge in [0.25, 0.3) is 0 Å². The van der Waals surface area contributed by atoms with Crippen LogP contribution in [0.2, 0.25) is 0 Å². The molecule has 2 atom stereocenters. The normalized spacial score (nSPS) is 22.1. The van der Waals surface area contributed by atoms with Crippen molar-refractivity contribution in [2.24, 2.45) is 11.8 Å². The van der Waals surface area contributed by atoms with E-state index in [-0.39, 0.29) is 11.8 Å². The molecule has 0 saturated heterocycles. The highest BCUT2D eigenvalue weighted by molar-refractivity contribution is 5.89. The summed E-state index contributed by atoms with van der Waals surface area (Å²) in [7, 11) is 0. The molecular weight excluding hydrogens is 222 g/mol. The minimum atomic E-state index is -0.873. The van der Waals surface area contributed by atoms with Crippen LogP contribution in [-0.4, -0.2) is 33.3 Å². The van der Waals surface area contributed by atoms with Crippen molar-refractivity contribution in [2.45, 2.75) is 19.4 Å². The van der Waals surface area contributed by atoms with E-state index in [1.807, 2.05) is 12.3 Å². The Labute approximate surface area is 98.6 Å². The summed E-state index contributed by atoms with van der Waals surface area (Å²) in [5.74, 6) is -1.81. The highest BCUT2D eigenvalue weighted by Gasteiger charge is 2.48. The fourth-order valence-corrected chi connectivity index (χ4v) is 1.77. The molecule has 2 N–H and O–H groups in total. The van der Waals surface area contributed by atoms with Crippen LogP contribution in [-0.2, 0) is 16.1 Å². The number of carboxylic acid groups (broad SMARTS) is 1. The van der Waals surface area contributed by atoms with Crippen LogP contribution in [0.15, 0.2) is 18.5 Å². The van der Waals surface area contributed by atoms with E-state index in [9.17, 15) is 9.59 Å². The van der Waals surface area contributed by atoms with Gasteiger partial charge in [-0.25, -0.2) is 0 Å². The first-order chi connectivity index (χ1) is 8.18. The van der Waals surface area contributed by atoms with Gasteiger partial charge in [-0.2, -0.15) is 5.10 Å². The number of carboxylic acids is 1. The molecule has 0 bridgehead atoms. The number of aliphatic carboxylic acids is 1. The van der Waals surface area contributed by atoms with Crippen LogP contribution in [0.5, 0.6) is 0 Å². The third kappa shape index (κ3) is 3.05. The third-order valence-electron chi connectivity index (χ3n) is 2.87. The van der Waals surface area contributed by atoms with Crippen LogP contribution in [0.25, 0.3) is 0 Å². The zero-order chi connectivity index (χ0) is 12.3. The molecule has 1 aliphatic rings. The first kappa shape index (κ1) is 11.6. The van der Waals surface area contributed by atoms with Crippen LogP contribution in [0.3, 0.4) is 0 Å². The molecule has 2 rings (SSSR count). The molecule has 92 valence electrons. The SMILES string of the molecule is O=C(O)C1CC1C(=O)NCCCn1cccn1. The maximum Gasteiger partial charge on any atom is 0.307 e. The van der Waals surface area contributed by atoms with Gasteiger partial charge in [-0.05, 0) is 18.9 Å². The zero-order valence-electron chi connectivity index (χ0n) is 9.37. The molecular formula is C11H15N3O3. The first-order valence-electron chi connectivity index (χ1n) is 5.66. The van der Waals surface area contributed by atoms with E-state index in [4.69, 9.17) is 5.11 Å². The Balaban J connectivity index is 1.60. The lowest BCUT2D eigenvalue weighted by atomic mass is 10.3. The van der Waals surface area contributed by atoms with E-state index in [2.05, 4.69) is 10.4 Å². The molecule has 1 aromatic heterocycles. The summed E-state index contributed by atoms with van der Waals surface area (Å²) in [5.41, 5.74) is 0. The summed E-state index contributed by atoms with van der Waals surface area (Å²) >= 11 is 0. The summed E-state index contributed by atoms with van der Waals surface area (Å²) in [4.78, 5) is 22.1. The fraction of sp³-hybridized carbons (Fsp3) is 0.545. The molecule has 0 spiro atoms. The van der Waals surface area contributed by atoms with E-state index >= 15 is 0 Å². The van der Waals surface area contributed by atoms with Crippen molar-refractivity contribution in [1.82, 2.24) is 15.1 Å². The van der Waals surface area contributed by atoms with Gasteiger partial charge >= 0.3 is 5.97 Å². The summed E-state index contributed by atoms with van der Waals surface area (Å²) in [6, 6.07) is 1.85. The van der Waals surface area contributed by atoms with E-state index in [1.165, 1.54) is 0 Å². The Morgan fingerprint density at radius 3 is 2.88 bits per heavy atom. The molecule has 2 unspecified atom stereocenters. The molecule has 1 amide bonds. The molecule has 0 aromatic carbocycles. The number of amides is 1. The molecule has 1 fully saturated rings. The smallest absolute Gasteiger partial charge is 0.307 e. The quantitative estimate of drug-likeness (QED) is 0.688. The summed E-state index contributed by atoms with van der Waals surface area (Å²) < 4.78 is 1.79. The van der Waals surface area contributed by atoms with Gasteiger partial charge in [0.05, 0.1) is 11.8 Å². The molecule has 1 heterocycles. The Bertz CT molecular complexity index is 402. The molecule has 1 saturated carbocycles. The van der Waals surface area contributed by atoms with Gasteiger partial charge in [-0.1, -0.05) is 0 Å². The average molecular weight is 237 g/mol. The number of carbonyl (C=O) groups is 2. The van der Waals surface area contributed by atoms with Crippen LogP contribution < -0.4 is 5.32 Å². The van der Waals surface area contributed by atoms with Gasteiger partial charge in [-0.15, -0.1) is 0 Å². The maximum atomic E-state index is 11.5. The van der Waals surface area contributed by atoms with Gasteiger partial charge in [-0.3, -0.25) is 14.3 Å². The van der Waals surface area contributed by atoms with Gasteiger partial charge in [0.1, 0.15) is 0 Å². The van der Waals surface area contributed by atoms with Gasteiger partial charge in [0.15, 0.2) is 0 Å². The molecule has 1 aliphatic carbocycles. The summed E-state index contributed by atoms with van der Waals surface area (Å²) in [6.07, 6.45) is 4.83. The lowest BCUT2D eigenvalue weighted by Crippen LogP contribution is -2.28. The largest absolute Gasteiger partial charge is 0.481 e. The average Bonchev–Trinajstić information content (AvgIpc) is 2.95. The topological polar surface area (TPSA) is 84.2 Å². The third-order valence-corrected chi connectivity index (χ3v) is 2.87.